The molecular weight excluding hydrogens is 336 g/mol. The second kappa shape index (κ2) is 6.99. The number of esters is 1. The second-order valence-electron chi connectivity index (χ2n) is 4.27. The first-order chi connectivity index (χ1) is 10.1. The zero-order valence-electron chi connectivity index (χ0n) is 11.3. The minimum absolute atomic E-state index is 0.180. The Morgan fingerprint density at radius 2 is 2.14 bits per heavy atom. The third-order valence-electron chi connectivity index (χ3n) is 2.74. The number of nitrogens with zero attached hydrogens (tertiary/aromatic N) is 1. The summed E-state index contributed by atoms with van der Waals surface area (Å²) in [5.41, 5.74) is 1.71. The molecule has 0 unspecified atom stereocenters. The van der Waals surface area contributed by atoms with Gasteiger partial charge in [0.2, 0.25) is 5.91 Å². The van der Waals surface area contributed by atoms with Crippen LogP contribution < -0.4 is 5.32 Å². The van der Waals surface area contributed by atoms with Crippen molar-refractivity contribution < 1.29 is 14.3 Å². The highest BCUT2D eigenvalue weighted by molar-refractivity contribution is 9.10. The third-order valence-corrected chi connectivity index (χ3v) is 3.43. The number of carbonyl (C=O) groups excluding carboxylic acids is 2. The molecule has 0 atom stereocenters. The van der Waals surface area contributed by atoms with Crippen LogP contribution in [0.2, 0.25) is 0 Å². The maximum Gasteiger partial charge on any atom is 0.339 e. The van der Waals surface area contributed by atoms with Gasteiger partial charge in [-0.25, -0.2) is 4.79 Å². The Morgan fingerprint density at radius 1 is 1.33 bits per heavy atom. The number of carbonyl (C=O) groups is 2. The van der Waals surface area contributed by atoms with Crippen LogP contribution in [0.4, 0.5) is 5.69 Å². The molecule has 0 spiro atoms. The van der Waals surface area contributed by atoms with Crippen molar-refractivity contribution in [3.05, 3.63) is 58.3 Å². The molecule has 2 rings (SSSR count). The molecule has 0 aliphatic carbocycles. The van der Waals surface area contributed by atoms with Crippen LogP contribution in [-0.4, -0.2) is 24.0 Å². The monoisotopic (exact) mass is 348 g/mol. The largest absolute Gasteiger partial charge is 0.465 e. The fraction of sp³-hybridized carbons (Fsp3) is 0.133. The van der Waals surface area contributed by atoms with Crippen molar-refractivity contribution in [2.45, 2.75) is 6.42 Å². The number of pyridine rings is 1. The van der Waals surface area contributed by atoms with Gasteiger partial charge in [-0.05, 0) is 45.8 Å². The summed E-state index contributed by atoms with van der Waals surface area (Å²) in [6, 6.07) is 8.56. The van der Waals surface area contributed by atoms with E-state index in [1.807, 2.05) is 6.07 Å². The molecule has 1 aromatic carbocycles. The fourth-order valence-electron chi connectivity index (χ4n) is 1.76. The molecule has 108 valence electrons. The minimum Gasteiger partial charge on any atom is -0.465 e. The molecule has 6 heteroatoms. The number of anilines is 1. The number of rotatable bonds is 4. The smallest absolute Gasteiger partial charge is 0.339 e. The standard InChI is InChI=1S/C15H13BrN2O3/c1-21-15(20)12-8-11(4-5-13(12)16)18-14(19)7-10-3-2-6-17-9-10/h2-6,8-9H,7H2,1H3,(H,18,19). The van der Waals surface area contributed by atoms with Crippen molar-refractivity contribution in [1.82, 2.24) is 4.98 Å². The molecule has 5 nitrogen and oxygen atoms in total. The number of halogens is 1. The molecule has 2 aromatic rings. The molecule has 0 aliphatic rings. The number of amides is 1. The third kappa shape index (κ3) is 4.13. The van der Waals surface area contributed by atoms with E-state index < -0.39 is 5.97 Å². The molecule has 0 fully saturated rings. The summed E-state index contributed by atoms with van der Waals surface area (Å²) in [4.78, 5) is 27.5. The van der Waals surface area contributed by atoms with Gasteiger partial charge in [0.1, 0.15) is 0 Å². The van der Waals surface area contributed by atoms with Gasteiger partial charge >= 0.3 is 5.97 Å². The number of aromatic nitrogens is 1. The van der Waals surface area contributed by atoms with Gasteiger partial charge in [-0.2, -0.15) is 0 Å². The Kier molecular flexibility index (Phi) is 5.05. The van der Waals surface area contributed by atoms with Crippen LogP contribution in [0.1, 0.15) is 15.9 Å². The fourth-order valence-corrected chi connectivity index (χ4v) is 2.17. The van der Waals surface area contributed by atoms with Gasteiger partial charge < -0.3 is 10.1 Å². The highest BCUT2D eigenvalue weighted by Gasteiger charge is 2.12. The van der Waals surface area contributed by atoms with Crippen LogP contribution >= 0.6 is 15.9 Å². The lowest BCUT2D eigenvalue weighted by molar-refractivity contribution is -0.115. The summed E-state index contributed by atoms with van der Waals surface area (Å²) in [7, 11) is 1.31. The van der Waals surface area contributed by atoms with Crippen molar-refractivity contribution in [2.24, 2.45) is 0 Å². The van der Waals surface area contributed by atoms with E-state index >= 15 is 0 Å². The first kappa shape index (κ1) is 15.2. The molecule has 21 heavy (non-hydrogen) atoms. The van der Waals surface area contributed by atoms with E-state index in [0.29, 0.717) is 15.7 Å². The topological polar surface area (TPSA) is 68.3 Å². The predicted octanol–water partition coefficient (Wildman–Crippen LogP) is 2.81. The number of methoxy groups -OCH3 is 1. The van der Waals surface area contributed by atoms with Crippen LogP contribution in [-0.2, 0) is 16.0 Å². The van der Waals surface area contributed by atoms with E-state index in [2.05, 4.69) is 31.0 Å². The summed E-state index contributed by atoms with van der Waals surface area (Å²) < 4.78 is 5.29. The van der Waals surface area contributed by atoms with Crippen LogP contribution in [0.15, 0.2) is 47.2 Å². The van der Waals surface area contributed by atoms with Gasteiger partial charge in [0, 0.05) is 22.6 Å². The molecule has 0 aliphatic heterocycles. The van der Waals surface area contributed by atoms with E-state index in [0.717, 1.165) is 5.56 Å². The summed E-state index contributed by atoms with van der Waals surface area (Å²) in [5, 5.41) is 2.74. The number of hydrogen-bond donors (Lipinski definition) is 1. The zero-order chi connectivity index (χ0) is 15.2. The van der Waals surface area contributed by atoms with Crippen LogP contribution in [0.5, 0.6) is 0 Å². The van der Waals surface area contributed by atoms with Gasteiger partial charge in [-0.15, -0.1) is 0 Å². The molecule has 1 aromatic heterocycles. The molecule has 0 radical (unpaired) electrons. The second-order valence-corrected chi connectivity index (χ2v) is 5.13. The maximum atomic E-state index is 12.0. The van der Waals surface area contributed by atoms with Crippen molar-refractivity contribution >= 4 is 33.5 Å². The normalized spacial score (nSPS) is 10.0. The lowest BCUT2D eigenvalue weighted by Gasteiger charge is -2.08. The van der Waals surface area contributed by atoms with E-state index in [9.17, 15) is 9.59 Å². The Balaban J connectivity index is 2.09. The number of hydrogen-bond acceptors (Lipinski definition) is 4. The molecule has 1 N–H and O–H groups in total. The van der Waals surface area contributed by atoms with Gasteiger partial charge in [0.15, 0.2) is 0 Å². The van der Waals surface area contributed by atoms with Gasteiger partial charge in [-0.3, -0.25) is 9.78 Å². The molecule has 0 bridgehead atoms. The summed E-state index contributed by atoms with van der Waals surface area (Å²) >= 11 is 3.27. The Bertz CT molecular complexity index is 659. The lowest BCUT2D eigenvalue weighted by atomic mass is 10.1. The SMILES string of the molecule is COC(=O)c1cc(NC(=O)Cc2cccnc2)ccc1Br. The van der Waals surface area contributed by atoms with Crippen molar-refractivity contribution in [1.29, 1.82) is 0 Å². The predicted molar refractivity (Wildman–Crippen MR) is 82.1 cm³/mol. The van der Waals surface area contributed by atoms with E-state index in [-0.39, 0.29) is 12.3 Å². The van der Waals surface area contributed by atoms with Crippen LogP contribution in [0, 0.1) is 0 Å². The summed E-state index contributed by atoms with van der Waals surface area (Å²) in [6.45, 7) is 0. The van der Waals surface area contributed by atoms with Crippen molar-refractivity contribution in [3.8, 4) is 0 Å². The molecule has 0 saturated carbocycles. The number of nitrogens with one attached hydrogen (secondary N) is 1. The Hall–Kier alpha value is -2.21. The van der Waals surface area contributed by atoms with Crippen LogP contribution in [0.3, 0.4) is 0 Å². The van der Waals surface area contributed by atoms with Gasteiger partial charge in [0.25, 0.3) is 0 Å². The van der Waals surface area contributed by atoms with Gasteiger partial charge in [0.05, 0.1) is 19.1 Å². The van der Waals surface area contributed by atoms with E-state index in [1.165, 1.54) is 7.11 Å². The summed E-state index contributed by atoms with van der Waals surface area (Å²) in [6.07, 6.45) is 3.51. The molecule has 1 heterocycles. The maximum absolute atomic E-state index is 12.0. The highest BCUT2D eigenvalue weighted by atomic mass is 79.9. The van der Waals surface area contributed by atoms with E-state index in [1.54, 1.807) is 36.7 Å². The Morgan fingerprint density at radius 3 is 2.81 bits per heavy atom. The van der Waals surface area contributed by atoms with Crippen molar-refractivity contribution in [3.63, 3.8) is 0 Å². The van der Waals surface area contributed by atoms with E-state index in [4.69, 9.17) is 0 Å². The highest BCUT2D eigenvalue weighted by Crippen LogP contribution is 2.22. The average molecular weight is 349 g/mol. The first-order valence-electron chi connectivity index (χ1n) is 6.17. The number of benzene rings is 1. The quantitative estimate of drug-likeness (QED) is 0.862. The zero-order valence-corrected chi connectivity index (χ0v) is 12.9. The van der Waals surface area contributed by atoms with Gasteiger partial charge in [-0.1, -0.05) is 6.07 Å². The number of ether oxygens (including phenoxy) is 1. The summed E-state index contributed by atoms with van der Waals surface area (Å²) in [5.74, 6) is -0.647. The first-order valence-corrected chi connectivity index (χ1v) is 6.96. The van der Waals surface area contributed by atoms with Crippen LogP contribution in [0.25, 0.3) is 0 Å². The minimum atomic E-state index is -0.467. The Labute approximate surface area is 130 Å². The average Bonchev–Trinajstić information content (AvgIpc) is 2.49. The molecule has 0 saturated heterocycles. The lowest BCUT2D eigenvalue weighted by Crippen LogP contribution is -2.15. The van der Waals surface area contributed by atoms with Crippen molar-refractivity contribution in [2.75, 3.05) is 12.4 Å². The molecule has 1 amide bonds. The molecular formula is C15H13BrN2O3.